The van der Waals surface area contributed by atoms with Gasteiger partial charge < -0.3 is 5.32 Å². The van der Waals surface area contributed by atoms with Crippen molar-refractivity contribution in [1.29, 1.82) is 0 Å². The summed E-state index contributed by atoms with van der Waals surface area (Å²) in [6, 6.07) is 0. The second-order valence-corrected chi connectivity index (χ2v) is 4.51. The van der Waals surface area contributed by atoms with Gasteiger partial charge in [0.25, 0.3) is 5.96 Å². The molecule has 0 aromatic heterocycles. The van der Waals surface area contributed by atoms with Crippen LogP contribution in [-0.4, -0.2) is 43.2 Å². The lowest BCUT2D eigenvalue weighted by Crippen LogP contribution is -2.64. The van der Waals surface area contributed by atoms with E-state index in [1.165, 1.54) is 51.3 Å². The zero-order chi connectivity index (χ0) is 9.86. The van der Waals surface area contributed by atoms with E-state index in [0.29, 0.717) is 0 Å². The quantitative estimate of drug-likeness (QED) is 0.677. The number of quaternary nitrogens is 1. The third-order valence-electron chi connectivity index (χ3n) is 3.44. The van der Waals surface area contributed by atoms with E-state index in [0.717, 1.165) is 17.6 Å². The number of hydrogen-bond donors (Lipinski definition) is 1. The maximum absolute atomic E-state index is 4.65. The summed E-state index contributed by atoms with van der Waals surface area (Å²) in [6.45, 7) is 8.36. The fourth-order valence-electron chi connectivity index (χ4n) is 2.63. The number of nitrogens with one attached hydrogen (secondary N) is 1. The molecule has 2 heterocycles. The van der Waals surface area contributed by atoms with Crippen molar-refractivity contribution in [3.05, 3.63) is 0 Å². The number of fused-ring (bicyclic) bond motifs is 1. The molecule has 0 bridgehead atoms. The topological polar surface area (TPSA) is 24.4 Å². The van der Waals surface area contributed by atoms with Gasteiger partial charge in [0.1, 0.15) is 0 Å². The number of unbranched alkanes of at least 4 members (excludes halogenated alkanes) is 1. The zero-order valence-corrected chi connectivity index (χ0v) is 9.26. The molecular weight excluding hydrogens is 174 g/mol. The van der Waals surface area contributed by atoms with E-state index < -0.39 is 0 Å². The second kappa shape index (κ2) is 4.30. The fraction of sp³-hybridized carbons (Fsp3) is 0.909. The maximum Gasteiger partial charge on any atom is 0.297 e. The van der Waals surface area contributed by atoms with E-state index in [9.17, 15) is 0 Å². The first-order chi connectivity index (χ1) is 6.87. The summed E-state index contributed by atoms with van der Waals surface area (Å²) in [5.74, 6) is 1.29. The lowest BCUT2D eigenvalue weighted by molar-refractivity contribution is -0.849. The normalized spacial score (nSPS) is 31.6. The number of nitrogens with zero attached hydrogens (tertiary/aromatic N) is 2. The minimum absolute atomic E-state index is 1.04. The molecule has 2 aliphatic rings. The van der Waals surface area contributed by atoms with Crippen molar-refractivity contribution in [3.8, 4) is 0 Å². The lowest BCUT2D eigenvalue weighted by atomic mass is 10.1. The summed E-state index contributed by atoms with van der Waals surface area (Å²) in [5.41, 5.74) is 0. The van der Waals surface area contributed by atoms with Crippen LogP contribution in [0.1, 0.15) is 32.6 Å². The Balaban J connectivity index is 2.09. The molecule has 1 atom stereocenters. The largest absolute Gasteiger partial charge is 0.324 e. The van der Waals surface area contributed by atoms with E-state index in [1.807, 2.05) is 0 Å². The predicted molar refractivity (Wildman–Crippen MR) is 59.3 cm³/mol. The Hall–Kier alpha value is -0.570. The Kier molecular flexibility index (Phi) is 3.06. The molecule has 2 rings (SSSR count). The van der Waals surface area contributed by atoms with Gasteiger partial charge in [-0.3, -0.25) is 4.48 Å². The van der Waals surface area contributed by atoms with Crippen LogP contribution in [0.5, 0.6) is 0 Å². The molecule has 3 nitrogen and oxygen atoms in total. The van der Waals surface area contributed by atoms with Crippen molar-refractivity contribution < 1.29 is 4.48 Å². The van der Waals surface area contributed by atoms with Crippen molar-refractivity contribution in [2.45, 2.75) is 32.6 Å². The highest BCUT2D eigenvalue weighted by Crippen LogP contribution is 2.19. The van der Waals surface area contributed by atoms with E-state index in [2.05, 4.69) is 17.2 Å². The van der Waals surface area contributed by atoms with Crippen LogP contribution in [0.4, 0.5) is 0 Å². The highest BCUT2D eigenvalue weighted by Gasteiger charge is 2.37. The van der Waals surface area contributed by atoms with Crippen molar-refractivity contribution >= 4 is 5.96 Å². The van der Waals surface area contributed by atoms with Gasteiger partial charge in [-0.1, -0.05) is 13.3 Å². The maximum atomic E-state index is 4.65. The molecule has 2 aliphatic heterocycles. The third kappa shape index (κ3) is 1.78. The van der Waals surface area contributed by atoms with Gasteiger partial charge in [0.2, 0.25) is 0 Å². The van der Waals surface area contributed by atoms with Crippen LogP contribution in [0, 0.1) is 0 Å². The predicted octanol–water partition coefficient (Wildman–Crippen LogP) is 1.36. The lowest BCUT2D eigenvalue weighted by Gasteiger charge is -2.43. The molecule has 1 fully saturated rings. The van der Waals surface area contributed by atoms with Gasteiger partial charge >= 0.3 is 0 Å². The van der Waals surface area contributed by atoms with Crippen LogP contribution < -0.4 is 5.32 Å². The standard InChI is InChI=1S/C11H22N3/c1-2-3-8-14-9-4-6-12-11(14)13-7-5-10-14/h2-10H2,1H3,(H,12,13)/q+1. The molecule has 0 aromatic rings. The van der Waals surface area contributed by atoms with Gasteiger partial charge in [-0.15, -0.1) is 0 Å². The van der Waals surface area contributed by atoms with Gasteiger partial charge in [0.05, 0.1) is 26.2 Å². The molecule has 0 aromatic carbocycles. The Morgan fingerprint density at radius 3 is 3.07 bits per heavy atom. The van der Waals surface area contributed by atoms with Gasteiger partial charge in [0.15, 0.2) is 0 Å². The zero-order valence-electron chi connectivity index (χ0n) is 9.26. The van der Waals surface area contributed by atoms with E-state index >= 15 is 0 Å². The monoisotopic (exact) mass is 196 g/mol. The molecular formula is C11H22N3+. The summed E-state index contributed by atoms with van der Waals surface area (Å²) in [5, 5.41) is 3.49. The molecule has 1 saturated heterocycles. The third-order valence-corrected chi connectivity index (χ3v) is 3.44. The smallest absolute Gasteiger partial charge is 0.297 e. The molecule has 0 amide bonds. The molecule has 14 heavy (non-hydrogen) atoms. The van der Waals surface area contributed by atoms with Crippen molar-refractivity contribution in [2.24, 2.45) is 4.99 Å². The SMILES string of the molecule is CCCC[N+]12CCCN=C1NCCC2. The van der Waals surface area contributed by atoms with Crippen LogP contribution >= 0.6 is 0 Å². The minimum atomic E-state index is 1.04. The molecule has 1 unspecified atom stereocenters. The highest BCUT2D eigenvalue weighted by atomic mass is 15.5. The van der Waals surface area contributed by atoms with Crippen molar-refractivity contribution in [3.63, 3.8) is 0 Å². The number of rotatable bonds is 3. The first kappa shape index (κ1) is 9.97. The Morgan fingerprint density at radius 1 is 1.36 bits per heavy atom. The molecule has 0 spiro atoms. The van der Waals surface area contributed by atoms with Crippen LogP contribution in [0.15, 0.2) is 4.99 Å². The average Bonchev–Trinajstić information content (AvgIpc) is 2.26. The molecule has 0 saturated carbocycles. The summed E-state index contributed by atoms with van der Waals surface area (Å²) in [6.07, 6.45) is 5.21. The van der Waals surface area contributed by atoms with Gasteiger partial charge in [-0.25, -0.2) is 4.99 Å². The first-order valence-electron chi connectivity index (χ1n) is 6.02. The van der Waals surface area contributed by atoms with Crippen LogP contribution in [-0.2, 0) is 0 Å². The number of aliphatic imine (C=N–C) groups is 1. The fourth-order valence-corrected chi connectivity index (χ4v) is 2.63. The van der Waals surface area contributed by atoms with Crippen LogP contribution in [0.25, 0.3) is 0 Å². The summed E-state index contributed by atoms with van der Waals surface area (Å²) < 4.78 is 1.16. The molecule has 0 radical (unpaired) electrons. The van der Waals surface area contributed by atoms with Crippen molar-refractivity contribution in [2.75, 3.05) is 32.7 Å². The van der Waals surface area contributed by atoms with E-state index in [4.69, 9.17) is 0 Å². The summed E-state index contributed by atoms with van der Waals surface area (Å²) >= 11 is 0. The molecule has 1 N–H and O–H groups in total. The van der Waals surface area contributed by atoms with Crippen LogP contribution in [0.2, 0.25) is 0 Å². The molecule has 80 valence electrons. The second-order valence-electron chi connectivity index (χ2n) is 4.51. The Bertz CT molecular complexity index is 225. The van der Waals surface area contributed by atoms with Gasteiger partial charge in [-0.2, -0.15) is 0 Å². The first-order valence-corrected chi connectivity index (χ1v) is 6.02. The van der Waals surface area contributed by atoms with E-state index in [1.54, 1.807) is 0 Å². The minimum Gasteiger partial charge on any atom is -0.324 e. The summed E-state index contributed by atoms with van der Waals surface area (Å²) in [7, 11) is 0. The number of guanidine groups is 1. The van der Waals surface area contributed by atoms with E-state index in [-0.39, 0.29) is 0 Å². The van der Waals surface area contributed by atoms with Gasteiger partial charge in [0, 0.05) is 19.4 Å². The Labute approximate surface area is 86.8 Å². The van der Waals surface area contributed by atoms with Crippen LogP contribution in [0.3, 0.4) is 0 Å². The van der Waals surface area contributed by atoms with Crippen molar-refractivity contribution in [1.82, 2.24) is 5.32 Å². The number of hydrogen-bond acceptors (Lipinski definition) is 2. The van der Waals surface area contributed by atoms with Gasteiger partial charge in [-0.05, 0) is 6.42 Å². The highest BCUT2D eigenvalue weighted by molar-refractivity contribution is 5.74. The Morgan fingerprint density at radius 2 is 2.21 bits per heavy atom. The average molecular weight is 196 g/mol. The molecule has 3 heteroatoms. The summed E-state index contributed by atoms with van der Waals surface area (Å²) in [4.78, 5) is 4.65. The molecule has 0 aliphatic carbocycles.